The van der Waals surface area contributed by atoms with Crippen LogP contribution in [0.25, 0.3) is 11.1 Å². The maximum absolute atomic E-state index is 12.1. The second-order valence-corrected chi connectivity index (χ2v) is 6.22. The van der Waals surface area contributed by atoms with E-state index in [-0.39, 0.29) is 23.8 Å². The first-order valence-electron chi connectivity index (χ1n) is 8.49. The fraction of sp³-hybridized carbons (Fsp3) is 0.0909. The lowest BCUT2D eigenvalue weighted by Gasteiger charge is -2.14. The van der Waals surface area contributed by atoms with Gasteiger partial charge in [-0.1, -0.05) is 48.5 Å². The second kappa shape index (κ2) is 6.96. The summed E-state index contributed by atoms with van der Waals surface area (Å²) in [5.74, 6) is -0.848. The van der Waals surface area contributed by atoms with Gasteiger partial charge in [-0.25, -0.2) is 9.59 Å². The van der Waals surface area contributed by atoms with Crippen molar-refractivity contribution >= 4 is 12.1 Å². The summed E-state index contributed by atoms with van der Waals surface area (Å²) in [6.07, 6.45) is -0.820. The number of benzene rings is 3. The van der Waals surface area contributed by atoms with E-state index in [1.54, 1.807) is 0 Å². The van der Waals surface area contributed by atoms with E-state index in [9.17, 15) is 9.59 Å². The third kappa shape index (κ3) is 3.27. The van der Waals surface area contributed by atoms with Gasteiger partial charge in [0.1, 0.15) is 12.4 Å². The Balaban J connectivity index is 1.45. The number of fused-ring (bicyclic) bond motifs is 3. The molecule has 0 atom stereocenters. The van der Waals surface area contributed by atoms with E-state index < -0.39 is 12.1 Å². The Morgan fingerprint density at radius 2 is 1.37 bits per heavy atom. The number of carboxylic acid groups (broad SMARTS) is 1. The zero-order chi connectivity index (χ0) is 18.8. The monoisotopic (exact) mass is 360 g/mol. The van der Waals surface area contributed by atoms with Crippen molar-refractivity contribution in [2.75, 3.05) is 6.61 Å². The third-order valence-corrected chi connectivity index (χ3v) is 4.63. The molecule has 0 radical (unpaired) electrons. The van der Waals surface area contributed by atoms with Crippen molar-refractivity contribution in [3.8, 4) is 16.9 Å². The molecule has 5 nitrogen and oxygen atoms in total. The van der Waals surface area contributed by atoms with E-state index >= 15 is 0 Å². The van der Waals surface area contributed by atoms with E-state index in [1.165, 1.54) is 24.3 Å². The van der Waals surface area contributed by atoms with Crippen LogP contribution in [0.2, 0.25) is 0 Å². The van der Waals surface area contributed by atoms with Crippen molar-refractivity contribution in [1.82, 2.24) is 0 Å². The van der Waals surface area contributed by atoms with Crippen LogP contribution in [0.3, 0.4) is 0 Å². The predicted octanol–water partition coefficient (Wildman–Crippen LogP) is 4.71. The number of hydrogen-bond donors (Lipinski definition) is 1. The lowest BCUT2D eigenvalue weighted by molar-refractivity contribution is 0.0697. The van der Waals surface area contributed by atoms with Crippen molar-refractivity contribution in [2.24, 2.45) is 0 Å². The van der Waals surface area contributed by atoms with Gasteiger partial charge in [-0.3, -0.25) is 0 Å². The summed E-state index contributed by atoms with van der Waals surface area (Å²) < 4.78 is 10.5. The van der Waals surface area contributed by atoms with Gasteiger partial charge in [-0.2, -0.15) is 0 Å². The molecule has 0 unspecified atom stereocenters. The molecule has 0 bridgehead atoms. The van der Waals surface area contributed by atoms with Crippen LogP contribution < -0.4 is 4.74 Å². The van der Waals surface area contributed by atoms with E-state index in [4.69, 9.17) is 14.6 Å². The molecule has 134 valence electrons. The molecule has 1 aliphatic rings. The average molecular weight is 360 g/mol. The van der Waals surface area contributed by atoms with Gasteiger partial charge in [0, 0.05) is 5.92 Å². The SMILES string of the molecule is O=C(OCC1c2ccccc2-c2ccccc21)Oc1ccc(C(=O)O)cc1. The molecule has 3 aromatic carbocycles. The molecule has 0 spiro atoms. The maximum atomic E-state index is 12.1. The minimum absolute atomic E-state index is 0.0423. The highest BCUT2D eigenvalue weighted by molar-refractivity contribution is 5.87. The molecule has 0 saturated carbocycles. The van der Waals surface area contributed by atoms with Crippen molar-refractivity contribution in [3.63, 3.8) is 0 Å². The van der Waals surface area contributed by atoms with Crippen LogP contribution in [0.5, 0.6) is 5.75 Å². The van der Waals surface area contributed by atoms with Gasteiger partial charge >= 0.3 is 12.1 Å². The standard InChI is InChI=1S/C22H16O5/c23-21(24)14-9-11-15(12-10-14)27-22(25)26-13-20-18-7-3-1-5-16(18)17-6-2-4-8-19(17)20/h1-12,20H,13H2,(H,23,24). The number of carbonyl (C=O) groups is 2. The van der Waals surface area contributed by atoms with Crippen molar-refractivity contribution in [1.29, 1.82) is 0 Å². The van der Waals surface area contributed by atoms with Crippen LogP contribution in [0.15, 0.2) is 72.8 Å². The molecule has 0 amide bonds. The first-order valence-corrected chi connectivity index (χ1v) is 8.49. The summed E-state index contributed by atoms with van der Waals surface area (Å²) in [5, 5.41) is 8.89. The number of hydrogen-bond acceptors (Lipinski definition) is 4. The third-order valence-electron chi connectivity index (χ3n) is 4.63. The molecule has 0 fully saturated rings. The van der Waals surface area contributed by atoms with Crippen LogP contribution in [0.4, 0.5) is 4.79 Å². The van der Waals surface area contributed by atoms with Crippen LogP contribution in [-0.4, -0.2) is 23.8 Å². The molecule has 0 aliphatic heterocycles. The summed E-state index contributed by atoms with van der Waals surface area (Å²) in [5.41, 5.74) is 4.67. The first-order chi connectivity index (χ1) is 13.1. The van der Waals surface area contributed by atoms with Crippen molar-refractivity contribution < 1.29 is 24.2 Å². The van der Waals surface area contributed by atoms with Crippen molar-refractivity contribution in [2.45, 2.75) is 5.92 Å². The molecular formula is C22H16O5. The van der Waals surface area contributed by atoms with Gasteiger partial charge in [0.15, 0.2) is 0 Å². The summed E-state index contributed by atoms with van der Waals surface area (Å²) in [7, 11) is 0. The van der Waals surface area contributed by atoms with Gasteiger partial charge in [0.25, 0.3) is 0 Å². The number of rotatable bonds is 4. The number of aromatic carboxylic acids is 1. The Hall–Kier alpha value is -3.60. The maximum Gasteiger partial charge on any atom is 0.513 e. The molecule has 4 rings (SSSR count). The first kappa shape index (κ1) is 16.8. The van der Waals surface area contributed by atoms with Gasteiger partial charge in [-0.05, 0) is 46.5 Å². The zero-order valence-corrected chi connectivity index (χ0v) is 14.3. The van der Waals surface area contributed by atoms with Gasteiger partial charge < -0.3 is 14.6 Å². The Labute approximate surface area is 155 Å². The quantitative estimate of drug-likeness (QED) is 0.539. The Bertz CT molecular complexity index is 962. The molecule has 0 aromatic heterocycles. The smallest absolute Gasteiger partial charge is 0.478 e. The molecule has 1 N–H and O–H groups in total. The highest BCUT2D eigenvalue weighted by Gasteiger charge is 2.29. The van der Waals surface area contributed by atoms with Crippen LogP contribution in [0, 0.1) is 0 Å². The zero-order valence-electron chi connectivity index (χ0n) is 14.3. The predicted molar refractivity (Wildman–Crippen MR) is 99.1 cm³/mol. The fourth-order valence-corrected chi connectivity index (χ4v) is 3.38. The lowest BCUT2D eigenvalue weighted by Crippen LogP contribution is -2.16. The Morgan fingerprint density at radius 1 is 0.815 bits per heavy atom. The number of carboxylic acids is 1. The largest absolute Gasteiger partial charge is 0.513 e. The molecule has 27 heavy (non-hydrogen) atoms. The summed E-state index contributed by atoms with van der Waals surface area (Å²) in [6.45, 7) is 0.167. The van der Waals surface area contributed by atoms with Gasteiger partial charge in [0.05, 0.1) is 5.56 Å². The summed E-state index contributed by atoms with van der Waals surface area (Å²) in [4.78, 5) is 22.9. The minimum atomic E-state index is -1.04. The van der Waals surface area contributed by atoms with Crippen LogP contribution >= 0.6 is 0 Å². The minimum Gasteiger partial charge on any atom is -0.478 e. The number of carbonyl (C=O) groups excluding carboxylic acids is 1. The molecule has 1 aliphatic carbocycles. The van der Waals surface area contributed by atoms with Crippen LogP contribution in [0.1, 0.15) is 27.4 Å². The normalized spacial score (nSPS) is 12.1. The Morgan fingerprint density at radius 3 is 1.93 bits per heavy atom. The second-order valence-electron chi connectivity index (χ2n) is 6.22. The molecule has 3 aromatic rings. The van der Waals surface area contributed by atoms with Crippen molar-refractivity contribution in [3.05, 3.63) is 89.5 Å². The van der Waals surface area contributed by atoms with E-state index in [1.807, 2.05) is 36.4 Å². The highest BCUT2D eigenvalue weighted by Crippen LogP contribution is 2.44. The molecule has 5 heteroatoms. The van der Waals surface area contributed by atoms with E-state index in [0.717, 1.165) is 22.3 Å². The van der Waals surface area contributed by atoms with Crippen LogP contribution in [-0.2, 0) is 4.74 Å². The van der Waals surface area contributed by atoms with Gasteiger partial charge in [-0.15, -0.1) is 0 Å². The van der Waals surface area contributed by atoms with E-state index in [2.05, 4.69) is 12.1 Å². The average Bonchev–Trinajstić information content (AvgIpc) is 3.01. The molecule has 0 heterocycles. The Kier molecular flexibility index (Phi) is 4.34. The lowest BCUT2D eigenvalue weighted by atomic mass is 9.98. The molecular weight excluding hydrogens is 344 g/mol. The topological polar surface area (TPSA) is 72.8 Å². The van der Waals surface area contributed by atoms with E-state index in [0.29, 0.717) is 0 Å². The number of ether oxygens (including phenoxy) is 2. The summed E-state index contributed by atoms with van der Waals surface area (Å²) in [6, 6.07) is 21.7. The highest BCUT2D eigenvalue weighted by atomic mass is 16.7. The van der Waals surface area contributed by atoms with Gasteiger partial charge in [0.2, 0.25) is 0 Å². The molecule has 0 saturated heterocycles. The summed E-state index contributed by atoms with van der Waals surface area (Å²) >= 11 is 0. The fourth-order valence-electron chi connectivity index (χ4n) is 3.38.